The van der Waals surface area contributed by atoms with Gasteiger partial charge < -0.3 is 20.1 Å². The van der Waals surface area contributed by atoms with Gasteiger partial charge in [-0.25, -0.2) is 0 Å². The molecule has 3 aliphatic rings. The number of ether oxygens (including phenoxy) is 2. The van der Waals surface area contributed by atoms with Crippen LogP contribution in [0.4, 0.5) is 0 Å². The molecule has 0 bridgehead atoms. The third-order valence-electron chi connectivity index (χ3n) is 7.78. The van der Waals surface area contributed by atoms with Crippen molar-refractivity contribution >= 4 is 5.91 Å². The Hall–Kier alpha value is -2.57. The van der Waals surface area contributed by atoms with Gasteiger partial charge in [0, 0.05) is 30.7 Å². The van der Waals surface area contributed by atoms with Gasteiger partial charge in [0.2, 0.25) is 0 Å². The van der Waals surface area contributed by atoms with Gasteiger partial charge in [-0.2, -0.15) is 0 Å². The number of nitrogens with one attached hydrogen (secondary N) is 2. The second-order valence-electron chi connectivity index (χ2n) is 9.63. The largest absolute Gasteiger partial charge is 0.492 e. The molecule has 33 heavy (non-hydrogen) atoms. The van der Waals surface area contributed by atoms with E-state index < -0.39 is 0 Å². The minimum atomic E-state index is -0.135. The van der Waals surface area contributed by atoms with Gasteiger partial charge in [-0.3, -0.25) is 9.69 Å². The lowest BCUT2D eigenvalue weighted by Gasteiger charge is -2.49. The van der Waals surface area contributed by atoms with Gasteiger partial charge in [-0.15, -0.1) is 0 Å². The fourth-order valence-electron chi connectivity index (χ4n) is 6.10. The highest BCUT2D eigenvalue weighted by molar-refractivity contribution is 5.98. The molecule has 4 atom stereocenters. The van der Waals surface area contributed by atoms with Gasteiger partial charge in [-0.1, -0.05) is 30.3 Å². The average molecular weight is 450 g/mol. The molecular formula is C27H35N3O3. The van der Waals surface area contributed by atoms with Gasteiger partial charge in [-0.05, 0) is 62.3 Å². The predicted octanol–water partition coefficient (Wildman–Crippen LogP) is 3.87. The van der Waals surface area contributed by atoms with Crippen LogP contribution >= 0.6 is 0 Å². The van der Waals surface area contributed by atoms with Crippen molar-refractivity contribution in [3.05, 3.63) is 58.7 Å². The first kappa shape index (κ1) is 22.2. The van der Waals surface area contributed by atoms with E-state index in [-0.39, 0.29) is 11.9 Å². The first-order chi connectivity index (χ1) is 16.1. The molecule has 176 valence electrons. The van der Waals surface area contributed by atoms with E-state index >= 15 is 0 Å². The van der Waals surface area contributed by atoms with Crippen LogP contribution < -0.4 is 20.1 Å². The smallest absolute Gasteiger partial charge is 0.255 e. The fourth-order valence-corrected chi connectivity index (χ4v) is 6.10. The summed E-state index contributed by atoms with van der Waals surface area (Å²) in [7, 11) is 3.32. The number of hydrogen-bond donors (Lipinski definition) is 2. The first-order valence-corrected chi connectivity index (χ1v) is 12.2. The molecule has 0 radical (unpaired) electrons. The zero-order valence-corrected chi connectivity index (χ0v) is 19.9. The van der Waals surface area contributed by atoms with Crippen molar-refractivity contribution in [1.29, 1.82) is 0 Å². The summed E-state index contributed by atoms with van der Waals surface area (Å²) in [4.78, 5) is 16.0. The average Bonchev–Trinajstić information content (AvgIpc) is 2.86. The number of carbonyl (C=O) groups is 1. The van der Waals surface area contributed by atoms with Crippen molar-refractivity contribution in [3.63, 3.8) is 0 Å². The summed E-state index contributed by atoms with van der Waals surface area (Å²) in [5.74, 6) is 1.85. The minimum Gasteiger partial charge on any atom is -0.492 e. The summed E-state index contributed by atoms with van der Waals surface area (Å²) in [6.07, 6.45) is 4.58. The minimum absolute atomic E-state index is 0.103. The molecular weight excluding hydrogens is 414 g/mol. The van der Waals surface area contributed by atoms with Gasteiger partial charge in [0.15, 0.2) is 11.5 Å². The molecule has 0 saturated carbocycles. The van der Waals surface area contributed by atoms with E-state index in [1.807, 2.05) is 43.3 Å². The van der Waals surface area contributed by atoms with E-state index in [1.165, 1.54) is 24.0 Å². The number of benzene rings is 2. The third-order valence-corrected chi connectivity index (χ3v) is 7.78. The quantitative estimate of drug-likeness (QED) is 0.726. The van der Waals surface area contributed by atoms with E-state index in [9.17, 15) is 4.79 Å². The molecule has 2 fully saturated rings. The lowest BCUT2D eigenvalue weighted by Crippen LogP contribution is -2.54. The lowest BCUT2D eigenvalue weighted by atomic mass is 9.77. The van der Waals surface area contributed by atoms with Gasteiger partial charge >= 0.3 is 0 Å². The Morgan fingerprint density at radius 2 is 1.97 bits per heavy atom. The monoisotopic (exact) mass is 449 g/mol. The van der Waals surface area contributed by atoms with Crippen LogP contribution in [0, 0.1) is 5.92 Å². The van der Waals surface area contributed by atoms with Gasteiger partial charge in [0.25, 0.3) is 5.91 Å². The second-order valence-corrected chi connectivity index (χ2v) is 9.63. The maximum atomic E-state index is 13.4. The first-order valence-electron chi connectivity index (χ1n) is 12.2. The highest BCUT2D eigenvalue weighted by Crippen LogP contribution is 2.48. The molecule has 2 aromatic rings. The highest BCUT2D eigenvalue weighted by Gasteiger charge is 2.42. The number of fused-ring (bicyclic) bond motifs is 4. The van der Waals surface area contributed by atoms with Crippen LogP contribution in [0.5, 0.6) is 11.5 Å². The Bertz CT molecular complexity index is 1010. The zero-order chi connectivity index (χ0) is 22.9. The number of hydrogen-bond acceptors (Lipinski definition) is 5. The van der Waals surface area contributed by atoms with Crippen molar-refractivity contribution < 1.29 is 14.3 Å². The number of nitrogens with zero attached hydrogens (tertiary/aromatic N) is 1. The summed E-state index contributed by atoms with van der Waals surface area (Å²) in [5.41, 5.74) is 4.04. The second kappa shape index (κ2) is 9.35. The normalized spacial score (nSPS) is 25.2. The maximum Gasteiger partial charge on any atom is 0.255 e. The summed E-state index contributed by atoms with van der Waals surface area (Å²) >= 11 is 0. The Balaban J connectivity index is 1.48. The van der Waals surface area contributed by atoms with Gasteiger partial charge in [0.05, 0.1) is 25.8 Å². The molecule has 2 saturated heterocycles. The Morgan fingerprint density at radius 3 is 2.73 bits per heavy atom. The molecule has 0 aromatic heterocycles. The zero-order valence-electron chi connectivity index (χ0n) is 19.9. The molecule has 0 unspecified atom stereocenters. The highest BCUT2D eigenvalue weighted by atomic mass is 16.5. The van der Waals surface area contributed by atoms with Crippen LogP contribution in [-0.2, 0) is 6.42 Å². The summed E-state index contributed by atoms with van der Waals surface area (Å²) in [6, 6.07) is 12.8. The Labute approximate surface area is 196 Å². The van der Waals surface area contributed by atoms with E-state index in [4.69, 9.17) is 9.47 Å². The predicted molar refractivity (Wildman–Crippen MR) is 129 cm³/mol. The van der Waals surface area contributed by atoms with Crippen LogP contribution in [0.15, 0.2) is 36.4 Å². The number of piperidine rings is 2. The van der Waals surface area contributed by atoms with Crippen LogP contribution in [0.3, 0.4) is 0 Å². The fraction of sp³-hybridized carbons (Fsp3) is 0.519. The Morgan fingerprint density at radius 1 is 1.18 bits per heavy atom. The molecule has 6 heteroatoms. The standard InChI is InChI=1S/C27H35N3O3/c1-17(18-8-5-4-6-9-18)29-27(31)21-14-19-11-13-30-16-20-10-7-12-28-22(20)15-23(30)24(19)26(33-3)25(21)32-2/h4-6,8-9,14,17,20,22-23,28H,7,10-13,15-16H2,1-3H3,(H,29,31)/t17-,20-,22+,23-/m1/s1. The van der Waals surface area contributed by atoms with E-state index in [0.717, 1.165) is 49.7 Å². The van der Waals surface area contributed by atoms with Crippen molar-refractivity contribution in [2.75, 3.05) is 33.9 Å². The molecule has 2 aromatic carbocycles. The van der Waals surface area contributed by atoms with Gasteiger partial charge in [0.1, 0.15) is 0 Å². The molecule has 3 aliphatic heterocycles. The third kappa shape index (κ3) is 4.11. The summed E-state index contributed by atoms with van der Waals surface area (Å²) < 4.78 is 11.8. The van der Waals surface area contributed by atoms with E-state index in [2.05, 4.69) is 15.5 Å². The maximum absolute atomic E-state index is 13.4. The van der Waals surface area contributed by atoms with Crippen LogP contribution in [0.2, 0.25) is 0 Å². The number of carbonyl (C=O) groups excluding carboxylic acids is 1. The molecule has 6 nitrogen and oxygen atoms in total. The summed E-state index contributed by atoms with van der Waals surface area (Å²) in [5, 5.41) is 6.90. The van der Waals surface area contributed by atoms with Crippen molar-refractivity contribution in [2.24, 2.45) is 5.92 Å². The SMILES string of the molecule is COc1c(C(=O)N[C@H](C)c2ccccc2)cc2c(c1OC)[C@H]1C[C@@H]3NCCC[C@@H]3CN1CC2. The molecule has 3 heterocycles. The van der Waals surface area contributed by atoms with Crippen molar-refractivity contribution in [2.45, 2.75) is 50.7 Å². The van der Waals surface area contributed by atoms with Crippen LogP contribution in [0.25, 0.3) is 0 Å². The molecule has 0 aliphatic carbocycles. The van der Waals surface area contributed by atoms with Crippen LogP contribution in [-0.4, -0.2) is 50.7 Å². The summed E-state index contributed by atoms with van der Waals surface area (Å²) in [6.45, 7) is 5.27. The molecule has 5 rings (SSSR count). The lowest BCUT2D eigenvalue weighted by molar-refractivity contribution is 0.0535. The molecule has 1 amide bonds. The van der Waals surface area contributed by atoms with Crippen molar-refractivity contribution in [1.82, 2.24) is 15.5 Å². The molecule has 2 N–H and O–H groups in total. The Kier molecular flexibility index (Phi) is 6.30. The van der Waals surface area contributed by atoms with E-state index in [1.54, 1.807) is 14.2 Å². The van der Waals surface area contributed by atoms with E-state index in [0.29, 0.717) is 23.4 Å². The van der Waals surface area contributed by atoms with Crippen molar-refractivity contribution in [3.8, 4) is 11.5 Å². The number of amides is 1. The number of methoxy groups -OCH3 is 2. The molecule has 0 spiro atoms. The number of rotatable bonds is 5. The van der Waals surface area contributed by atoms with Crippen LogP contribution in [0.1, 0.15) is 65.3 Å². The topological polar surface area (TPSA) is 62.8 Å².